The number of hydrogen-bond donors (Lipinski definition) is 3. The first-order valence-electron chi connectivity index (χ1n) is 8.34. The average molecular weight is 513 g/mol. The summed E-state index contributed by atoms with van der Waals surface area (Å²) in [6.45, 7) is 3.32. The third-order valence-electron chi connectivity index (χ3n) is 3.51. The van der Waals surface area contributed by atoms with Crippen LogP contribution in [0, 0.1) is 5.92 Å². The van der Waals surface area contributed by atoms with Crippen LogP contribution in [-0.4, -0.2) is 24.3 Å². The lowest BCUT2D eigenvalue weighted by Crippen LogP contribution is -2.43. The number of rotatable bonds is 6. The van der Waals surface area contributed by atoms with Crippen LogP contribution in [-0.2, 0) is 9.59 Å². The average Bonchev–Trinajstić information content (AvgIpc) is 2.65. The van der Waals surface area contributed by atoms with Gasteiger partial charge in [-0.1, -0.05) is 29.8 Å². The van der Waals surface area contributed by atoms with Crippen molar-refractivity contribution >= 4 is 55.3 Å². The number of nitrogens with one attached hydrogen (secondary N) is 3. The Labute approximate surface area is 179 Å². The number of benzene rings is 2. The molecule has 0 radical (unpaired) electrons. The zero-order chi connectivity index (χ0) is 20.7. The molecule has 0 aliphatic heterocycles. The SMILES string of the molecule is CC(C)C(=O)Nc1ccc(C(=O)NNC(=O)COc2ccc(Br)cc2Br)cc1. The van der Waals surface area contributed by atoms with Crippen LogP contribution in [0.25, 0.3) is 0 Å². The molecule has 2 aromatic carbocycles. The molecule has 7 nitrogen and oxygen atoms in total. The fourth-order valence-corrected chi connectivity index (χ4v) is 3.12. The topological polar surface area (TPSA) is 96.5 Å². The zero-order valence-corrected chi connectivity index (χ0v) is 18.4. The van der Waals surface area contributed by atoms with E-state index >= 15 is 0 Å². The van der Waals surface area contributed by atoms with E-state index in [4.69, 9.17) is 4.74 Å². The summed E-state index contributed by atoms with van der Waals surface area (Å²) in [5.41, 5.74) is 5.52. The quantitative estimate of drug-likeness (QED) is 0.515. The summed E-state index contributed by atoms with van der Waals surface area (Å²) in [7, 11) is 0. The molecular formula is C19H19Br2N3O4. The predicted octanol–water partition coefficient (Wildman–Crippen LogP) is 3.65. The van der Waals surface area contributed by atoms with Crippen LogP contribution >= 0.6 is 31.9 Å². The summed E-state index contributed by atoms with van der Waals surface area (Å²) in [4.78, 5) is 35.6. The Morgan fingerprint density at radius 2 is 1.68 bits per heavy atom. The maximum absolute atomic E-state index is 12.1. The summed E-state index contributed by atoms with van der Waals surface area (Å²) in [5, 5.41) is 2.73. The smallest absolute Gasteiger partial charge is 0.276 e. The van der Waals surface area contributed by atoms with Crippen molar-refractivity contribution in [2.75, 3.05) is 11.9 Å². The number of halogens is 2. The second kappa shape index (κ2) is 10.2. The molecular weight excluding hydrogens is 494 g/mol. The molecule has 0 unspecified atom stereocenters. The first-order chi connectivity index (χ1) is 13.3. The molecule has 28 heavy (non-hydrogen) atoms. The highest BCUT2D eigenvalue weighted by Gasteiger charge is 2.11. The molecule has 0 fully saturated rings. The van der Waals surface area contributed by atoms with Gasteiger partial charge in [-0.05, 0) is 58.4 Å². The molecule has 0 heterocycles. The van der Waals surface area contributed by atoms with E-state index in [1.165, 1.54) is 0 Å². The zero-order valence-electron chi connectivity index (χ0n) is 15.2. The van der Waals surface area contributed by atoms with Gasteiger partial charge in [-0.25, -0.2) is 0 Å². The number of amides is 3. The summed E-state index contributed by atoms with van der Waals surface area (Å²) < 4.78 is 6.96. The number of ether oxygens (including phenoxy) is 1. The highest BCUT2D eigenvalue weighted by Crippen LogP contribution is 2.28. The van der Waals surface area contributed by atoms with Crippen molar-refractivity contribution in [1.82, 2.24) is 10.9 Å². The van der Waals surface area contributed by atoms with Crippen LogP contribution in [0.5, 0.6) is 5.75 Å². The number of anilines is 1. The van der Waals surface area contributed by atoms with Crippen molar-refractivity contribution in [1.29, 1.82) is 0 Å². The number of hydrogen-bond acceptors (Lipinski definition) is 4. The summed E-state index contributed by atoms with van der Waals surface area (Å²) in [6.07, 6.45) is 0. The molecule has 3 N–H and O–H groups in total. The van der Waals surface area contributed by atoms with E-state index in [0.29, 0.717) is 21.5 Å². The van der Waals surface area contributed by atoms with Crippen molar-refractivity contribution in [3.63, 3.8) is 0 Å². The van der Waals surface area contributed by atoms with E-state index in [0.717, 1.165) is 4.47 Å². The summed E-state index contributed by atoms with van der Waals surface area (Å²) in [5.74, 6) is -0.743. The number of hydrazine groups is 1. The van der Waals surface area contributed by atoms with Crippen LogP contribution in [0.3, 0.4) is 0 Å². The molecule has 0 aromatic heterocycles. The van der Waals surface area contributed by atoms with Gasteiger partial charge in [0.15, 0.2) is 6.61 Å². The van der Waals surface area contributed by atoms with Gasteiger partial charge in [0.05, 0.1) is 4.47 Å². The van der Waals surface area contributed by atoms with Crippen LogP contribution in [0.2, 0.25) is 0 Å². The molecule has 2 rings (SSSR count). The van der Waals surface area contributed by atoms with Gasteiger partial charge in [0.25, 0.3) is 11.8 Å². The third-order valence-corrected chi connectivity index (χ3v) is 4.62. The first kappa shape index (κ1) is 21.9. The van der Waals surface area contributed by atoms with E-state index in [9.17, 15) is 14.4 Å². The maximum atomic E-state index is 12.1. The Morgan fingerprint density at radius 3 is 2.29 bits per heavy atom. The minimum absolute atomic E-state index is 0.109. The monoisotopic (exact) mass is 511 g/mol. The van der Waals surface area contributed by atoms with E-state index in [1.54, 1.807) is 56.3 Å². The summed E-state index contributed by atoms with van der Waals surface area (Å²) in [6, 6.07) is 11.6. The van der Waals surface area contributed by atoms with Crippen molar-refractivity contribution < 1.29 is 19.1 Å². The molecule has 0 saturated heterocycles. The lowest BCUT2D eigenvalue weighted by molar-refractivity contribution is -0.124. The van der Waals surface area contributed by atoms with Gasteiger partial charge in [-0.15, -0.1) is 0 Å². The van der Waals surface area contributed by atoms with Crippen molar-refractivity contribution in [3.8, 4) is 5.75 Å². The largest absolute Gasteiger partial charge is 0.483 e. The lowest BCUT2D eigenvalue weighted by Gasteiger charge is -2.11. The normalized spacial score (nSPS) is 10.3. The predicted molar refractivity (Wildman–Crippen MR) is 113 cm³/mol. The van der Waals surface area contributed by atoms with Crippen molar-refractivity contribution in [2.24, 2.45) is 5.92 Å². The van der Waals surface area contributed by atoms with E-state index < -0.39 is 11.8 Å². The molecule has 9 heteroatoms. The van der Waals surface area contributed by atoms with Gasteiger partial charge in [-0.2, -0.15) is 0 Å². The second-order valence-electron chi connectivity index (χ2n) is 6.09. The molecule has 2 aromatic rings. The van der Waals surface area contributed by atoms with E-state index in [-0.39, 0.29) is 18.4 Å². The second-order valence-corrected chi connectivity index (χ2v) is 7.86. The van der Waals surface area contributed by atoms with E-state index in [2.05, 4.69) is 48.0 Å². The Bertz CT molecular complexity index is 870. The highest BCUT2D eigenvalue weighted by atomic mass is 79.9. The molecule has 0 saturated carbocycles. The van der Waals surface area contributed by atoms with Crippen LogP contribution in [0.4, 0.5) is 5.69 Å². The molecule has 0 atom stereocenters. The molecule has 0 spiro atoms. The van der Waals surface area contributed by atoms with Gasteiger partial charge >= 0.3 is 0 Å². The van der Waals surface area contributed by atoms with Crippen molar-refractivity contribution in [2.45, 2.75) is 13.8 Å². The maximum Gasteiger partial charge on any atom is 0.276 e. The van der Waals surface area contributed by atoms with Crippen molar-refractivity contribution in [3.05, 3.63) is 57.0 Å². The minimum atomic E-state index is -0.510. The Balaban J connectivity index is 1.81. The molecule has 0 aliphatic carbocycles. The fourth-order valence-electron chi connectivity index (χ4n) is 1.96. The molecule has 0 aliphatic rings. The Morgan fingerprint density at radius 1 is 1.00 bits per heavy atom. The standard InChI is InChI=1S/C19H19Br2N3O4/c1-11(2)18(26)22-14-6-3-12(4-7-14)19(27)24-23-17(25)10-28-16-8-5-13(20)9-15(16)21/h3-9,11H,10H2,1-2H3,(H,22,26)(H,23,25)(H,24,27). The molecule has 148 valence electrons. The number of carbonyl (C=O) groups excluding carboxylic acids is 3. The highest BCUT2D eigenvalue weighted by molar-refractivity contribution is 9.11. The van der Waals surface area contributed by atoms with Crippen LogP contribution < -0.4 is 20.9 Å². The van der Waals surface area contributed by atoms with Gasteiger partial charge in [0.2, 0.25) is 5.91 Å². The van der Waals surface area contributed by atoms with E-state index in [1.807, 2.05) is 0 Å². The Hall–Kier alpha value is -2.39. The first-order valence-corrected chi connectivity index (χ1v) is 9.93. The fraction of sp³-hybridized carbons (Fsp3) is 0.211. The van der Waals surface area contributed by atoms with Gasteiger partial charge < -0.3 is 10.1 Å². The Kier molecular flexibility index (Phi) is 8.01. The van der Waals surface area contributed by atoms with Crippen LogP contribution in [0.15, 0.2) is 51.4 Å². The van der Waals surface area contributed by atoms with Gasteiger partial charge in [-0.3, -0.25) is 25.2 Å². The van der Waals surface area contributed by atoms with Gasteiger partial charge in [0, 0.05) is 21.6 Å². The lowest BCUT2D eigenvalue weighted by atomic mass is 10.1. The molecule has 3 amide bonds. The number of carbonyl (C=O) groups is 3. The minimum Gasteiger partial charge on any atom is -0.483 e. The summed E-state index contributed by atoms with van der Waals surface area (Å²) >= 11 is 6.66. The van der Waals surface area contributed by atoms with Gasteiger partial charge in [0.1, 0.15) is 5.75 Å². The molecule has 0 bridgehead atoms. The third kappa shape index (κ3) is 6.65. The van der Waals surface area contributed by atoms with Crippen LogP contribution in [0.1, 0.15) is 24.2 Å².